The van der Waals surface area contributed by atoms with Crippen molar-refractivity contribution >= 4 is 12.0 Å². The molecule has 0 aromatic heterocycles. The molecule has 19 heavy (non-hydrogen) atoms. The molecule has 0 bridgehead atoms. The Balaban J connectivity index is 2.97. The van der Waals surface area contributed by atoms with Gasteiger partial charge in [-0.25, -0.2) is 4.79 Å². The summed E-state index contributed by atoms with van der Waals surface area (Å²) in [6.45, 7) is 7.71. The minimum Gasteiger partial charge on any atom is -0.478 e. The largest absolute Gasteiger partial charge is 0.478 e. The third kappa shape index (κ3) is 5.38. The molecule has 0 aliphatic rings. The molecule has 0 heterocycles. The second-order valence-electron chi connectivity index (χ2n) is 4.70. The maximum atomic E-state index is 11.1. The molecule has 1 aromatic carbocycles. The standard InChI is InChI=1S/C17H20O2/c1-4-6-16(17(18)19)12-15-8-5-7-14(11-15)10-9-13(2)3/h4-5,7-9,11-12H,1,6,10H2,2-3H3,(H,18,19). The fourth-order valence-electron chi connectivity index (χ4n) is 1.70. The average molecular weight is 256 g/mol. The van der Waals surface area contributed by atoms with Gasteiger partial charge < -0.3 is 5.11 Å². The van der Waals surface area contributed by atoms with E-state index in [1.54, 1.807) is 12.2 Å². The molecule has 1 rings (SSSR count). The number of hydrogen-bond donors (Lipinski definition) is 1. The van der Waals surface area contributed by atoms with E-state index in [1.165, 1.54) is 11.1 Å². The topological polar surface area (TPSA) is 37.3 Å². The van der Waals surface area contributed by atoms with Crippen LogP contribution in [0.1, 0.15) is 31.4 Å². The zero-order chi connectivity index (χ0) is 14.3. The van der Waals surface area contributed by atoms with E-state index in [2.05, 4.69) is 26.5 Å². The molecule has 1 aromatic rings. The highest BCUT2D eigenvalue weighted by Gasteiger charge is 2.05. The summed E-state index contributed by atoms with van der Waals surface area (Å²) in [5.41, 5.74) is 3.73. The summed E-state index contributed by atoms with van der Waals surface area (Å²) < 4.78 is 0. The van der Waals surface area contributed by atoms with Gasteiger partial charge in [0.25, 0.3) is 0 Å². The maximum absolute atomic E-state index is 11.1. The van der Waals surface area contributed by atoms with Crippen LogP contribution < -0.4 is 0 Å². The van der Waals surface area contributed by atoms with Crippen molar-refractivity contribution in [1.82, 2.24) is 0 Å². The van der Waals surface area contributed by atoms with Gasteiger partial charge in [-0.05, 0) is 43.9 Å². The van der Waals surface area contributed by atoms with E-state index < -0.39 is 5.97 Å². The number of allylic oxidation sites excluding steroid dienone is 3. The Hall–Kier alpha value is -2.09. The zero-order valence-electron chi connectivity index (χ0n) is 11.5. The van der Waals surface area contributed by atoms with Gasteiger partial charge in [-0.1, -0.05) is 42.0 Å². The first-order valence-electron chi connectivity index (χ1n) is 6.30. The van der Waals surface area contributed by atoms with E-state index in [-0.39, 0.29) is 0 Å². The first kappa shape index (κ1) is 15.0. The van der Waals surface area contributed by atoms with E-state index in [0.29, 0.717) is 12.0 Å². The van der Waals surface area contributed by atoms with Gasteiger partial charge in [0.05, 0.1) is 0 Å². The van der Waals surface area contributed by atoms with Crippen LogP contribution in [0.25, 0.3) is 6.08 Å². The minimum absolute atomic E-state index is 0.356. The lowest BCUT2D eigenvalue weighted by molar-refractivity contribution is -0.132. The van der Waals surface area contributed by atoms with Gasteiger partial charge in [0.15, 0.2) is 0 Å². The SMILES string of the molecule is C=CCC(=Cc1cccc(CC=C(C)C)c1)C(=O)O. The van der Waals surface area contributed by atoms with Crippen molar-refractivity contribution < 1.29 is 9.90 Å². The normalized spacial score (nSPS) is 10.9. The van der Waals surface area contributed by atoms with Crippen molar-refractivity contribution in [2.45, 2.75) is 26.7 Å². The number of aliphatic carboxylic acids is 1. The van der Waals surface area contributed by atoms with Gasteiger partial charge in [0.1, 0.15) is 0 Å². The molecule has 0 amide bonds. The third-order valence-electron chi connectivity index (χ3n) is 2.68. The lowest BCUT2D eigenvalue weighted by atomic mass is 10.0. The van der Waals surface area contributed by atoms with Crippen molar-refractivity contribution in [3.8, 4) is 0 Å². The van der Waals surface area contributed by atoms with Crippen LogP contribution in [0.15, 0.2) is 54.1 Å². The molecule has 1 N–H and O–H groups in total. The molecule has 0 aliphatic carbocycles. The molecular formula is C17H20O2. The summed E-state index contributed by atoms with van der Waals surface area (Å²) in [4.78, 5) is 11.1. The third-order valence-corrected chi connectivity index (χ3v) is 2.68. The molecule has 0 aliphatic heterocycles. The molecule has 0 unspecified atom stereocenters. The molecule has 0 spiro atoms. The molecule has 100 valence electrons. The van der Waals surface area contributed by atoms with E-state index in [1.807, 2.05) is 24.3 Å². The van der Waals surface area contributed by atoms with Gasteiger partial charge in [0.2, 0.25) is 0 Å². The quantitative estimate of drug-likeness (QED) is 0.610. The lowest BCUT2D eigenvalue weighted by Gasteiger charge is -2.02. The Labute approximate surface area is 114 Å². The zero-order valence-corrected chi connectivity index (χ0v) is 11.5. The number of carbonyl (C=O) groups is 1. The number of benzene rings is 1. The van der Waals surface area contributed by atoms with Gasteiger partial charge >= 0.3 is 5.97 Å². The smallest absolute Gasteiger partial charge is 0.331 e. The average Bonchev–Trinajstić information content (AvgIpc) is 2.36. The first-order chi connectivity index (χ1) is 9.02. The van der Waals surface area contributed by atoms with Crippen LogP contribution in [-0.4, -0.2) is 11.1 Å². The van der Waals surface area contributed by atoms with Crippen molar-refractivity contribution in [3.63, 3.8) is 0 Å². The van der Waals surface area contributed by atoms with Crippen molar-refractivity contribution in [2.24, 2.45) is 0 Å². The highest BCUT2D eigenvalue weighted by atomic mass is 16.4. The summed E-state index contributed by atoms with van der Waals surface area (Å²) in [6, 6.07) is 7.93. The fourth-order valence-corrected chi connectivity index (χ4v) is 1.70. The summed E-state index contributed by atoms with van der Waals surface area (Å²) in [5.74, 6) is -0.894. The highest BCUT2D eigenvalue weighted by molar-refractivity contribution is 5.92. The summed E-state index contributed by atoms with van der Waals surface area (Å²) in [5, 5.41) is 9.09. The van der Waals surface area contributed by atoms with Crippen LogP contribution in [0.3, 0.4) is 0 Å². The van der Waals surface area contributed by atoms with E-state index in [9.17, 15) is 4.79 Å². The number of carboxylic acids is 1. The molecular weight excluding hydrogens is 236 g/mol. The molecule has 0 fully saturated rings. The van der Waals surface area contributed by atoms with Crippen molar-refractivity contribution in [1.29, 1.82) is 0 Å². The Kier molecular flexibility index (Phi) is 5.80. The van der Waals surface area contributed by atoms with Crippen LogP contribution in [-0.2, 0) is 11.2 Å². The molecule has 0 saturated heterocycles. The van der Waals surface area contributed by atoms with Crippen LogP contribution >= 0.6 is 0 Å². The fraction of sp³-hybridized carbons (Fsp3) is 0.235. The predicted octanol–water partition coefficient (Wildman–Crippen LogP) is 4.24. The Morgan fingerprint density at radius 1 is 1.37 bits per heavy atom. The summed E-state index contributed by atoms with van der Waals surface area (Å²) in [6.07, 6.45) is 6.70. The molecule has 0 radical (unpaired) electrons. The first-order valence-corrected chi connectivity index (χ1v) is 6.30. The van der Waals surface area contributed by atoms with Crippen molar-refractivity contribution in [3.05, 3.63) is 65.3 Å². The molecule has 2 nitrogen and oxygen atoms in total. The van der Waals surface area contributed by atoms with Gasteiger partial charge in [-0.3, -0.25) is 0 Å². The molecule has 2 heteroatoms. The van der Waals surface area contributed by atoms with Crippen LogP contribution in [0.2, 0.25) is 0 Å². The van der Waals surface area contributed by atoms with E-state index in [4.69, 9.17) is 5.11 Å². The van der Waals surface area contributed by atoms with E-state index >= 15 is 0 Å². The monoisotopic (exact) mass is 256 g/mol. The van der Waals surface area contributed by atoms with Crippen LogP contribution in [0.5, 0.6) is 0 Å². The minimum atomic E-state index is -0.894. The second-order valence-corrected chi connectivity index (χ2v) is 4.70. The highest BCUT2D eigenvalue weighted by Crippen LogP contribution is 2.14. The van der Waals surface area contributed by atoms with Crippen molar-refractivity contribution in [2.75, 3.05) is 0 Å². The lowest BCUT2D eigenvalue weighted by Crippen LogP contribution is -1.99. The number of hydrogen-bond acceptors (Lipinski definition) is 1. The predicted molar refractivity (Wildman–Crippen MR) is 80.0 cm³/mol. The van der Waals surface area contributed by atoms with E-state index in [0.717, 1.165) is 12.0 Å². The number of carboxylic acid groups (broad SMARTS) is 1. The van der Waals surface area contributed by atoms with Crippen LogP contribution in [0, 0.1) is 0 Å². The molecule has 0 saturated carbocycles. The Morgan fingerprint density at radius 2 is 2.11 bits per heavy atom. The summed E-state index contributed by atoms with van der Waals surface area (Å²) >= 11 is 0. The summed E-state index contributed by atoms with van der Waals surface area (Å²) in [7, 11) is 0. The Bertz CT molecular complexity index is 518. The maximum Gasteiger partial charge on any atom is 0.331 e. The second kappa shape index (κ2) is 7.37. The van der Waals surface area contributed by atoms with Gasteiger partial charge in [0, 0.05) is 5.57 Å². The van der Waals surface area contributed by atoms with Crippen LogP contribution in [0.4, 0.5) is 0 Å². The Morgan fingerprint density at radius 3 is 2.68 bits per heavy atom. The number of rotatable bonds is 6. The van der Waals surface area contributed by atoms with Gasteiger partial charge in [-0.2, -0.15) is 0 Å². The molecule has 0 atom stereocenters. The van der Waals surface area contributed by atoms with Gasteiger partial charge in [-0.15, -0.1) is 6.58 Å².